The van der Waals surface area contributed by atoms with Crippen LogP contribution in [0.4, 0.5) is 5.69 Å². The van der Waals surface area contributed by atoms with Crippen molar-refractivity contribution in [2.75, 3.05) is 18.0 Å². The van der Waals surface area contributed by atoms with Crippen LogP contribution in [0.2, 0.25) is 5.02 Å². The van der Waals surface area contributed by atoms with Gasteiger partial charge in [-0.2, -0.15) is 5.10 Å². The Labute approximate surface area is 134 Å². The first-order valence-corrected chi connectivity index (χ1v) is 7.66. The summed E-state index contributed by atoms with van der Waals surface area (Å²) < 4.78 is 1.58. The Bertz CT molecular complexity index is 663. The van der Waals surface area contributed by atoms with E-state index in [1.54, 1.807) is 36.4 Å². The number of aromatic nitrogens is 3. The number of hydrogen-bond acceptors (Lipinski definition) is 4. The second-order valence-electron chi connectivity index (χ2n) is 5.40. The Morgan fingerprint density at radius 2 is 2.09 bits per heavy atom. The molecule has 3 heterocycles. The molecule has 2 aromatic rings. The fourth-order valence-corrected chi connectivity index (χ4v) is 2.98. The average Bonchev–Trinajstić information content (AvgIpc) is 2.95. The first kappa shape index (κ1) is 14.8. The zero-order valence-electron chi connectivity index (χ0n) is 12.4. The number of piperidine rings is 1. The summed E-state index contributed by atoms with van der Waals surface area (Å²) in [5, 5.41) is 7.76. The predicted octanol–water partition coefficient (Wildman–Crippen LogP) is 1.87. The Morgan fingerprint density at radius 3 is 2.73 bits per heavy atom. The number of nitrogens with one attached hydrogen (secondary N) is 1. The van der Waals surface area contributed by atoms with Crippen LogP contribution >= 0.6 is 11.6 Å². The smallest absolute Gasteiger partial charge is 0.269 e. The topological polar surface area (TPSA) is 63.1 Å². The molecule has 116 valence electrons. The van der Waals surface area contributed by atoms with Crippen molar-refractivity contribution in [1.82, 2.24) is 20.1 Å². The van der Waals surface area contributed by atoms with E-state index < -0.39 is 0 Å². The highest BCUT2D eigenvalue weighted by molar-refractivity contribution is 6.33. The number of rotatable bonds is 3. The summed E-state index contributed by atoms with van der Waals surface area (Å²) in [4.78, 5) is 18.4. The lowest BCUT2D eigenvalue weighted by Crippen LogP contribution is -2.45. The number of anilines is 1. The van der Waals surface area contributed by atoms with Gasteiger partial charge in [-0.25, -0.2) is 0 Å². The molecule has 0 spiro atoms. The van der Waals surface area contributed by atoms with Crippen LogP contribution in [0.25, 0.3) is 0 Å². The standard InChI is InChI=1S/C15H18ClN5O/c1-20-14(3-7-18-20)15(22)19-11-4-8-21(9-5-11)13-2-6-17-10-12(13)16/h2-3,6-7,10-11H,4-5,8-9H2,1H3,(H,19,22). The summed E-state index contributed by atoms with van der Waals surface area (Å²) in [5.41, 5.74) is 1.59. The van der Waals surface area contributed by atoms with Crippen LogP contribution in [-0.4, -0.2) is 39.8 Å². The van der Waals surface area contributed by atoms with Crippen LogP contribution < -0.4 is 10.2 Å². The van der Waals surface area contributed by atoms with E-state index in [1.807, 2.05) is 6.07 Å². The van der Waals surface area contributed by atoms with Crippen LogP contribution in [0, 0.1) is 0 Å². The maximum absolute atomic E-state index is 12.2. The molecule has 2 aromatic heterocycles. The van der Waals surface area contributed by atoms with Gasteiger partial charge >= 0.3 is 0 Å². The molecule has 0 bridgehead atoms. The molecule has 1 saturated heterocycles. The minimum atomic E-state index is -0.0691. The van der Waals surface area contributed by atoms with Gasteiger partial charge in [0.2, 0.25) is 0 Å². The highest BCUT2D eigenvalue weighted by Crippen LogP contribution is 2.27. The van der Waals surface area contributed by atoms with Gasteiger partial charge in [0.25, 0.3) is 5.91 Å². The molecule has 1 aliphatic heterocycles. The molecule has 0 radical (unpaired) electrons. The van der Waals surface area contributed by atoms with Crippen molar-refractivity contribution in [3.8, 4) is 0 Å². The summed E-state index contributed by atoms with van der Waals surface area (Å²) >= 11 is 6.18. The zero-order chi connectivity index (χ0) is 15.5. The Kier molecular flexibility index (Phi) is 4.29. The van der Waals surface area contributed by atoms with E-state index in [2.05, 4.69) is 20.3 Å². The molecule has 0 saturated carbocycles. The lowest BCUT2D eigenvalue weighted by Gasteiger charge is -2.34. The number of aryl methyl sites for hydroxylation is 1. The van der Waals surface area contributed by atoms with Crippen molar-refractivity contribution in [3.63, 3.8) is 0 Å². The fourth-order valence-electron chi connectivity index (χ4n) is 2.75. The number of pyridine rings is 1. The van der Waals surface area contributed by atoms with E-state index in [0.29, 0.717) is 10.7 Å². The molecule has 6 nitrogen and oxygen atoms in total. The van der Waals surface area contributed by atoms with Crippen LogP contribution in [0.3, 0.4) is 0 Å². The van der Waals surface area contributed by atoms with Gasteiger partial charge in [0.05, 0.1) is 10.7 Å². The minimum absolute atomic E-state index is 0.0691. The number of halogens is 1. The van der Waals surface area contributed by atoms with Gasteiger partial charge in [-0.3, -0.25) is 14.5 Å². The molecule has 0 atom stereocenters. The Balaban J connectivity index is 1.57. The summed E-state index contributed by atoms with van der Waals surface area (Å²) in [5.74, 6) is -0.0691. The van der Waals surface area contributed by atoms with E-state index in [-0.39, 0.29) is 11.9 Å². The van der Waals surface area contributed by atoms with Gasteiger partial charge in [-0.15, -0.1) is 0 Å². The molecule has 22 heavy (non-hydrogen) atoms. The van der Waals surface area contributed by atoms with Crippen molar-refractivity contribution in [2.24, 2.45) is 7.05 Å². The quantitative estimate of drug-likeness (QED) is 0.938. The SMILES string of the molecule is Cn1nccc1C(=O)NC1CCN(c2ccncc2Cl)CC1. The average molecular weight is 320 g/mol. The van der Waals surface area contributed by atoms with Crippen molar-refractivity contribution >= 4 is 23.2 Å². The molecule has 1 aliphatic rings. The monoisotopic (exact) mass is 319 g/mol. The van der Waals surface area contributed by atoms with Gasteiger partial charge in [0, 0.05) is 44.8 Å². The molecular formula is C15H18ClN5O. The van der Waals surface area contributed by atoms with E-state index in [9.17, 15) is 4.79 Å². The molecule has 3 rings (SSSR count). The summed E-state index contributed by atoms with van der Waals surface area (Å²) in [7, 11) is 1.77. The third-order valence-corrected chi connectivity index (χ3v) is 4.27. The minimum Gasteiger partial charge on any atom is -0.370 e. The molecule has 1 amide bonds. The maximum atomic E-state index is 12.2. The van der Waals surface area contributed by atoms with Crippen molar-refractivity contribution < 1.29 is 4.79 Å². The van der Waals surface area contributed by atoms with Gasteiger partial charge in [-0.05, 0) is 25.0 Å². The summed E-state index contributed by atoms with van der Waals surface area (Å²) in [6.45, 7) is 1.72. The summed E-state index contributed by atoms with van der Waals surface area (Å²) in [6.07, 6.45) is 6.82. The van der Waals surface area contributed by atoms with E-state index in [1.165, 1.54) is 0 Å². The molecule has 0 aromatic carbocycles. The lowest BCUT2D eigenvalue weighted by molar-refractivity contribution is 0.0921. The van der Waals surface area contributed by atoms with Crippen LogP contribution in [-0.2, 0) is 7.05 Å². The molecular weight excluding hydrogens is 302 g/mol. The third-order valence-electron chi connectivity index (χ3n) is 3.98. The van der Waals surface area contributed by atoms with Crippen molar-refractivity contribution in [2.45, 2.75) is 18.9 Å². The van der Waals surface area contributed by atoms with Crippen LogP contribution in [0.1, 0.15) is 23.3 Å². The second kappa shape index (κ2) is 6.36. The lowest BCUT2D eigenvalue weighted by atomic mass is 10.0. The molecule has 0 aliphatic carbocycles. The van der Waals surface area contributed by atoms with Gasteiger partial charge in [-0.1, -0.05) is 11.6 Å². The number of hydrogen-bond donors (Lipinski definition) is 1. The Hall–Kier alpha value is -2.08. The van der Waals surface area contributed by atoms with Crippen molar-refractivity contribution in [3.05, 3.63) is 41.4 Å². The molecule has 1 fully saturated rings. The number of carbonyl (C=O) groups is 1. The third kappa shape index (κ3) is 3.06. The van der Waals surface area contributed by atoms with Crippen LogP contribution in [0.5, 0.6) is 0 Å². The number of amides is 1. The first-order valence-electron chi connectivity index (χ1n) is 7.28. The zero-order valence-corrected chi connectivity index (χ0v) is 13.1. The molecule has 0 unspecified atom stereocenters. The van der Waals surface area contributed by atoms with Crippen molar-refractivity contribution in [1.29, 1.82) is 0 Å². The number of nitrogens with zero attached hydrogens (tertiary/aromatic N) is 4. The molecule has 7 heteroatoms. The van der Waals surface area contributed by atoms with E-state index >= 15 is 0 Å². The van der Waals surface area contributed by atoms with Gasteiger partial charge in [0.1, 0.15) is 5.69 Å². The normalized spacial score (nSPS) is 15.8. The molecule has 1 N–H and O–H groups in total. The largest absolute Gasteiger partial charge is 0.370 e. The number of carbonyl (C=O) groups excluding carboxylic acids is 1. The van der Waals surface area contributed by atoms with E-state index in [0.717, 1.165) is 31.6 Å². The first-order chi connectivity index (χ1) is 10.6. The Morgan fingerprint density at radius 1 is 1.32 bits per heavy atom. The predicted molar refractivity (Wildman–Crippen MR) is 85.2 cm³/mol. The highest BCUT2D eigenvalue weighted by Gasteiger charge is 2.23. The van der Waals surface area contributed by atoms with Crippen LogP contribution in [0.15, 0.2) is 30.7 Å². The van der Waals surface area contributed by atoms with Gasteiger partial charge in [0.15, 0.2) is 0 Å². The fraction of sp³-hybridized carbons (Fsp3) is 0.400. The maximum Gasteiger partial charge on any atom is 0.269 e. The van der Waals surface area contributed by atoms with Gasteiger partial charge < -0.3 is 10.2 Å². The highest BCUT2D eigenvalue weighted by atomic mass is 35.5. The summed E-state index contributed by atoms with van der Waals surface area (Å²) in [6, 6.07) is 3.83. The second-order valence-corrected chi connectivity index (χ2v) is 5.81. The van der Waals surface area contributed by atoms with E-state index in [4.69, 9.17) is 11.6 Å².